The van der Waals surface area contributed by atoms with E-state index < -0.39 is 10.1 Å². The van der Waals surface area contributed by atoms with Crippen molar-refractivity contribution >= 4 is 32.6 Å². The van der Waals surface area contributed by atoms with Crippen LogP contribution < -0.4 is 9.47 Å². The van der Waals surface area contributed by atoms with Gasteiger partial charge in [-0.1, -0.05) is 83.9 Å². The minimum Gasteiger partial charge on any atom is -0.497 e. The van der Waals surface area contributed by atoms with Gasteiger partial charge in [0.15, 0.2) is 0 Å². The van der Waals surface area contributed by atoms with Crippen LogP contribution in [0.5, 0.6) is 11.5 Å². The van der Waals surface area contributed by atoms with Gasteiger partial charge in [0.25, 0.3) is 10.1 Å². The molecule has 6 aromatic rings. The van der Waals surface area contributed by atoms with Crippen molar-refractivity contribution in [2.24, 2.45) is 0 Å². The van der Waals surface area contributed by atoms with Crippen LogP contribution in [0.3, 0.4) is 0 Å². The number of aromatic nitrogens is 1. The van der Waals surface area contributed by atoms with E-state index in [0.29, 0.717) is 24.6 Å². The van der Waals surface area contributed by atoms with Gasteiger partial charge in [-0.2, -0.15) is 8.42 Å². The maximum Gasteiger partial charge on any atom is 0.296 e. The van der Waals surface area contributed by atoms with Crippen molar-refractivity contribution in [2.45, 2.75) is 31.4 Å². The fourth-order valence-electron chi connectivity index (χ4n) is 5.36. The van der Waals surface area contributed by atoms with Crippen molar-refractivity contribution in [3.05, 3.63) is 149 Å². The first-order valence-corrected chi connectivity index (χ1v) is 16.8. The lowest BCUT2D eigenvalue weighted by Gasteiger charge is -2.13. The van der Waals surface area contributed by atoms with Crippen LogP contribution in [0.4, 0.5) is 0 Å². The van der Waals surface area contributed by atoms with E-state index in [4.69, 9.17) is 25.3 Å². The number of nitrogens with zero attached hydrogens (tertiary/aromatic N) is 1. The molecule has 0 fully saturated rings. The van der Waals surface area contributed by atoms with E-state index >= 15 is 0 Å². The van der Waals surface area contributed by atoms with Gasteiger partial charge in [0.1, 0.15) is 18.1 Å². The number of hydrogen-bond acceptors (Lipinski definition) is 5. The van der Waals surface area contributed by atoms with Crippen LogP contribution in [0.15, 0.2) is 126 Å². The summed E-state index contributed by atoms with van der Waals surface area (Å²) in [6.07, 6.45) is 0.465. The maximum atomic E-state index is 12.6. The molecule has 6 rings (SSSR count). The number of rotatable bonds is 12. The third-order valence-corrected chi connectivity index (χ3v) is 9.60. The summed E-state index contributed by atoms with van der Waals surface area (Å²) in [7, 11) is -2.16. The Morgan fingerprint density at radius 3 is 2.11 bits per heavy atom. The van der Waals surface area contributed by atoms with Crippen molar-refractivity contribution < 1.29 is 22.1 Å². The SMILES string of the molecule is COc1ccc(-c2c(Cl)c3cc(OCc4ccccc4)ccc3n2Cc2ccc(CCOS(=O)(=O)c3ccc(C)cc3)cc2)cc1. The molecule has 0 saturated heterocycles. The standard InChI is InChI=1S/C38H34ClNO5S/c1-27-8-19-34(20-9-27)46(41,42)45-23-22-28-10-12-29(13-11-28)25-40-36-21-18-33(44-26-30-6-4-3-5-7-30)24-35(36)37(39)38(40)31-14-16-32(43-2)17-15-31/h3-21,24H,22-23,25-26H2,1-2H3. The Hall–Kier alpha value is -4.56. The summed E-state index contributed by atoms with van der Waals surface area (Å²) in [4.78, 5) is 0.161. The zero-order valence-electron chi connectivity index (χ0n) is 25.7. The highest BCUT2D eigenvalue weighted by Gasteiger charge is 2.19. The highest BCUT2D eigenvalue weighted by atomic mass is 35.5. The van der Waals surface area contributed by atoms with Gasteiger partial charge >= 0.3 is 0 Å². The Morgan fingerprint density at radius 2 is 1.41 bits per heavy atom. The zero-order chi connectivity index (χ0) is 32.1. The van der Waals surface area contributed by atoms with Crippen molar-refractivity contribution in [1.82, 2.24) is 4.57 Å². The normalized spacial score (nSPS) is 11.5. The van der Waals surface area contributed by atoms with Gasteiger partial charge in [-0.05, 0) is 90.2 Å². The zero-order valence-corrected chi connectivity index (χ0v) is 27.2. The molecular weight excluding hydrogens is 618 g/mol. The molecule has 0 aliphatic carbocycles. The number of methoxy groups -OCH3 is 1. The molecular formula is C38H34ClNO5S. The van der Waals surface area contributed by atoms with Crippen LogP contribution in [0.2, 0.25) is 5.02 Å². The predicted molar refractivity (Wildman–Crippen MR) is 183 cm³/mol. The fraction of sp³-hybridized carbons (Fsp3) is 0.158. The van der Waals surface area contributed by atoms with Crippen molar-refractivity contribution in [1.29, 1.82) is 0 Å². The lowest BCUT2D eigenvalue weighted by molar-refractivity contribution is 0.306. The van der Waals surface area contributed by atoms with E-state index in [0.717, 1.165) is 55.9 Å². The molecule has 0 amide bonds. The van der Waals surface area contributed by atoms with E-state index in [9.17, 15) is 8.42 Å². The quantitative estimate of drug-likeness (QED) is 0.124. The first-order valence-electron chi connectivity index (χ1n) is 15.0. The van der Waals surface area contributed by atoms with E-state index in [-0.39, 0.29) is 11.5 Å². The number of ether oxygens (including phenoxy) is 2. The second-order valence-electron chi connectivity index (χ2n) is 11.1. The topological polar surface area (TPSA) is 66.8 Å². The summed E-state index contributed by atoms with van der Waals surface area (Å²) in [5.41, 5.74) is 6.99. The van der Waals surface area contributed by atoms with Gasteiger partial charge in [0.2, 0.25) is 0 Å². The molecule has 8 heteroatoms. The molecule has 0 bridgehead atoms. The average Bonchev–Trinajstić information content (AvgIpc) is 3.35. The Balaban J connectivity index is 1.23. The highest BCUT2D eigenvalue weighted by molar-refractivity contribution is 7.86. The van der Waals surface area contributed by atoms with Crippen LogP contribution in [-0.4, -0.2) is 26.7 Å². The summed E-state index contributed by atoms with van der Waals surface area (Å²) >= 11 is 7.13. The second-order valence-corrected chi connectivity index (χ2v) is 13.1. The molecule has 0 saturated carbocycles. The van der Waals surface area contributed by atoms with Gasteiger partial charge in [0.05, 0.1) is 34.8 Å². The highest BCUT2D eigenvalue weighted by Crippen LogP contribution is 2.40. The number of halogens is 1. The largest absolute Gasteiger partial charge is 0.497 e. The number of fused-ring (bicyclic) bond motifs is 1. The van der Waals surface area contributed by atoms with Crippen LogP contribution in [-0.2, 0) is 33.9 Å². The van der Waals surface area contributed by atoms with Crippen molar-refractivity contribution in [2.75, 3.05) is 13.7 Å². The van der Waals surface area contributed by atoms with Gasteiger partial charge in [0, 0.05) is 11.9 Å². The number of hydrogen-bond donors (Lipinski definition) is 0. The fourth-order valence-corrected chi connectivity index (χ4v) is 6.63. The smallest absolute Gasteiger partial charge is 0.296 e. The van der Waals surface area contributed by atoms with E-state index in [1.807, 2.05) is 85.8 Å². The molecule has 0 atom stereocenters. The van der Waals surface area contributed by atoms with E-state index in [1.54, 1.807) is 31.4 Å². The second kappa shape index (κ2) is 13.8. The molecule has 0 aliphatic heterocycles. The van der Waals surface area contributed by atoms with E-state index in [1.165, 1.54) is 0 Å². The molecule has 1 aromatic heterocycles. The van der Waals surface area contributed by atoms with E-state index in [2.05, 4.69) is 22.8 Å². The predicted octanol–water partition coefficient (Wildman–Crippen LogP) is 8.85. The molecule has 0 aliphatic rings. The van der Waals surface area contributed by atoms with Crippen molar-refractivity contribution in [3.8, 4) is 22.8 Å². The summed E-state index contributed by atoms with van der Waals surface area (Å²) in [5.74, 6) is 1.51. The molecule has 0 unspecified atom stereocenters. The van der Waals surface area contributed by atoms with Crippen LogP contribution in [0.1, 0.15) is 22.3 Å². The van der Waals surface area contributed by atoms with Gasteiger partial charge in [-0.25, -0.2) is 0 Å². The lowest BCUT2D eigenvalue weighted by Crippen LogP contribution is -2.09. The summed E-state index contributed by atoms with van der Waals surface area (Å²) in [6, 6.07) is 38.7. The molecule has 0 spiro atoms. The third-order valence-electron chi connectivity index (χ3n) is 7.89. The third kappa shape index (κ3) is 7.12. The molecule has 5 aromatic carbocycles. The van der Waals surface area contributed by atoms with Gasteiger partial charge in [-0.3, -0.25) is 4.18 Å². The monoisotopic (exact) mass is 651 g/mol. The molecule has 0 N–H and O–H groups in total. The van der Waals surface area contributed by atoms with Crippen molar-refractivity contribution in [3.63, 3.8) is 0 Å². The summed E-state index contributed by atoms with van der Waals surface area (Å²) in [5, 5.41) is 1.55. The minimum atomic E-state index is -3.80. The Kier molecular flexibility index (Phi) is 9.45. The Bertz CT molecular complexity index is 2040. The van der Waals surface area contributed by atoms with Gasteiger partial charge < -0.3 is 14.0 Å². The number of benzene rings is 5. The molecule has 6 nitrogen and oxygen atoms in total. The van der Waals surface area contributed by atoms with Crippen LogP contribution in [0, 0.1) is 6.92 Å². The Labute approximate surface area is 274 Å². The van der Waals surface area contributed by atoms with Crippen LogP contribution >= 0.6 is 11.6 Å². The number of aryl methyl sites for hydroxylation is 1. The first-order chi connectivity index (χ1) is 22.3. The molecule has 0 radical (unpaired) electrons. The first kappa shape index (κ1) is 31.4. The lowest BCUT2D eigenvalue weighted by atomic mass is 10.1. The Morgan fingerprint density at radius 1 is 0.739 bits per heavy atom. The molecule has 234 valence electrons. The average molecular weight is 652 g/mol. The van der Waals surface area contributed by atoms with Gasteiger partial charge in [-0.15, -0.1) is 0 Å². The molecule has 46 heavy (non-hydrogen) atoms. The molecule has 1 heterocycles. The van der Waals surface area contributed by atoms with Crippen LogP contribution in [0.25, 0.3) is 22.2 Å². The summed E-state index contributed by atoms with van der Waals surface area (Å²) in [6.45, 7) is 3.01. The summed E-state index contributed by atoms with van der Waals surface area (Å²) < 4.78 is 44.1. The maximum absolute atomic E-state index is 12.6. The minimum absolute atomic E-state index is 0.0592.